The number of benzene rings is 1. The van der Waals surface area contributed by atoms with E-state index in [1.165, 1.54) is 6.20 Å². The normalized spacial score (nSPS) is 10.4. The Balaban J connectivity index is 2.69. The van der Waals surface area contributed by atoms with Crippen molar-refractivity contribution in [2.75, 3.05) is 6.61 Å². The van der Waals surface area contributed by atoms with Gasteiger partial charge < -0.3 is 15.5 Å². The minimum Gasteiger partial charge on any atom is -0.494 e. The molecular formula is C12H12N2O3. The largest absolute Gasteiger partial charge is 0.494 e. The summed E-state index contributed by atoms with van der Waals surface area (Å²) in [6, 6.07) is 5.09. The van der Waals surface area contributed by atoms with Gasteiger partial charge in [-0.2, -0.15) is 0 Å². The van der Waals surface area contributed by atoms with E-state index in [9.17, 15) is 9.59 Å². The number of nitrogens with one attached hydrogen (secondary N) is 1. The molecule has 3 N–H and O–H groups in total. The van der Waals surface area contributed by atoms with Crippen LogP contribution in [0, 0.1) is 0 Å². The lowest BCUT2D eigenvalue weighted by atomic mass is 10.1. The Hall–Kier alpha value is -2.30. The zero-order chi connectivity index (χ0) is 12.4. The van der Waals surface area contributed by atoms with Crippen LogP contribution >= 0.6 is 0 Å². The summed E-state index contributed by atoms with van der Waals surface area (Å²) in [6.45, 7) is 2.37. The fraction of sp³-hybridized carbons (Fsp3) is 0.167. The van der Waals surface area contributed by atoms with Crippen LogP contribution in [-0.2, 0) is 0 Å². The second-order valence-corrected chi connectivity index (χ2v) is 3.54. The highest BCUT2D eigenvalue weighted by Crippen LogP contribution is 2.17. The number of fused-ring (bicyclic) bond motifs is 1. The van der Waals surface area contributed by atoms with E-state index in [1.807, 2.05) is 6.92 Å². The molecule has 0 unspecified atom stereocenters. The number of hydrogen-bond donors (Lipinski definition) is 2. The molecule has 0 aliphatic carbocycles. The van der Waals surface area contributed by atoms with Crippen molar-refractivity contribution in [1.82, 2.24) is 4.98 Å². The highest BCUT2D eigenvalue weighted by Gasteiger charge is 2.10. The van der Waals surface area contributed by atoms with Gasteiger partial charge in [0, 0.05) is 17.1 Å². The van der Waals surface area contributed by atoms with E-state index in [1.54, 1.807) is 18.2 Å². The Morgan fingerprint density at radius 1 is 1.47 bits per heavy atom. The van der Waals surface area contributed by atoms with Crippen molar-refractivity contribution >= 4 is 16.8 Å². The lowest BCUT2D eigenvalue weighted by Gasteiger charge is -2.05. The molecule has 0 atom stereocenters. The Labute approximate surface area is 97.2 Å². The summed E-state index contributed by atoms with van der Waals surface area (Å²) in [7, 11) is 0. The van der Waals surface area contributed by atoms with Gasteiger partial charge in [0.05, 0.1) is 6.61 Å². The van der Waals surface area contributed by atoms with Gasteiger partial charge in [-0.3, -0.25) is 9.59 Å². The van der Waals surface area contributed by atoms with Crippen LogP contribution in [0.15, 0.2) is 29.2 Å². The summed E-state index contributed by atoms with van der Waals surface area (Å²) in [5, 5.41) is 0.396. The molecule has 88 valence electrons. The Bertz CT molecular complexity index is 631. The van der Waals surface area contributed by atoms with Gasteiger partial charge >= 0.3 is 0 Å². The third-order valence-electron chi connectivity index (χ3n) is 2.43. The molecule has 0 bridgehead atoms. The SMILES string of the molecule is CCOc1ccc2[nH]cc(C(N)=O)c(=O)c2c1. The van der Waals surface area contributed by atoms with Crippen LogP contribution in [0.3, 0.4) is 0 Å². The fourth-order valence-corrected chi connectivity index (χ4v) is 1.64. The van der Waals surface area contributed by atoms with Gasteiger partial charge in [-0.15, -0.1) is 0 Å². The summed E-state index contributed by atoms with van der Waals surface area (Å²) < 4.78 is 5.30. The highest BCUT2D eigenvalue weighted by molar-refractivity contribution is 5.96. The minimum atomic E-state index is -0.741. The first kappa shape index (κ1) is 11.2. The van der Waals surface area contributed by atoms with E-state index in [4.69, 9.17) is 10.5 Å². The molecule has 0 aliphatic heterocycles. The maximum Gasteiger partial charge on any atom is 0.254 e. The molecule has 2 rings (SSSR count). The second kappa shape index (κ2) is 4.29. The number of amides is 1. The molecule has 0 spiro atoms. The monoisotopic (exact) mass is 232 g/mol. The third-order valence-corrected chi connectivity index (χ3v) is 2.43. The van der Waals surface area contributed by atoms with Crippen LogP contribution in [0.2, 0.25) is 0 Å². The van der Waals surface area contributed by atoms with Crippen LogP contribution in [0.25, 0.3) is 10.9 Å². The first-order valence-corrected chi connectivity index (χ1v) is 5.21. The highest BCUT2D eigenvalue weighted by atomic mass is 16.5. The molecule has 0 aliphatic rings. The van der Waals surface area contributed by atoms with Crippen LogP contribution in [-0.4, -0.2) is 17.5 Å². The molecular weight excluding hydrogens is 220 g/mol. The maximum atomic E-state index is 11.9. The molecule has 0 radical (unpaired) electrons. The predicted octanol–water partition coefficient (Wildman–Crippen LogP) is 1.03. The van der Waals surface area contributed by atoms with Gasteiger partial charge in [0.2, 0.25) is 5.43 Å². The number of pyridine rings is 1. The van der Waals surface area contributed by atoms with Gasteiger partial charge in [0.1, 0.15) is 11.3 Å². The number of aromatic nitrogens is 1. The predicted molar refractivity (Wildman–Crippen MR) is 64.3 cm³/mol. The summed E-state index contributed by atoms with van der Waals surface area (Å²) in [5.74, 6) is -0.151. The van der Waals surface area contributed by atoms with E-state index in [2.05, 4.69) is 4.98 Å². The quantitative estimate of drug-likeness (QED) is 0.828. The first-order valence-electron chi connectivity index (χ1n) is 5.21. The number of primary amides is 1. The number of rotatable bonds is 3. The molecule has 1 aromatic heterocycles. The average molecular weight is 232 g/mol. The van der Waals surface area contributed by atoms with Crippen molar-refractivity contribution in [2.45, 2.75) is 6.92 Å². The molecule has 17 heavy (non-hydrogen) atoms. The van der Waals surface area contributed by atoms with Crippen molar-refractivity contribution < 1.29 is 9.53 Å². The Morgan fingerprint density at radius 2 is 2.24 bits per heavy atom. The molecule has 0 saturated heterocycles. The number of H-pyrrole nitrogens is 1. The molecule has 1 amide bonds. The van der Waals surface area contributed by atoms with Gasteiger partial charge in [-0.25, -0.2) is 0 Å². The van der Waals surface area contributed by atoms with Crippen LogP contribution in [0.1, 0.15) is 17.3 Å². The number of aromatic amines is 1. The smallest absolute Gasteiger partial charge is 0.254 e. The Kier molecular flexibility index (Phi) is 2.82. The number of hydrogen-bond acceptors (Lipinski definition) is 3. The van der Waals surface area contributed by atoms with Gasteiger partial charge in [-0.1, -0.05) is 0 Å². The van der Waals surface area contributed by atoms with Gasteiger partial charge in [0.25, 0.3) is 5.91 Å². The van der Waals surface area contributed by atoms with Crippen LogP contribution in [0.4, 0.5) is 0 Å². The van der Waals surface area contributed by atoms with E-state index in [0.717, 1.165) is 0 Å². The summed E-state index contributed by atoms with van der Waals surface area (Å²) in [6.07, 6.45) is 1.33. The lowest BCUT2D eigenvalue weighted by molar-refractivity contribution is 0.0999. The van der Waals surface area contributed by atoms with Crippen molar-refractivity contribution in [3.63, 3.8) is 0 Å². The maximum absolute atomic E-state index is 11.9. The van der Waals surface area contributed by atoms with Crippen LogP contribution < -0.4 is 15.9 Å². The number of carbonyl (C=O) groups is 1. The molecule has 2 aromatic rings. The Morgan fingerprint density at radius 3 is 2.88 bits per heavy atom. The van der Waals surface area contributed by atoms with E-state index in [0.29, 0.717) is 23.3 Å². The standard InChI is InChI=1S/C12H12N2O3/c1-2-17-7-3-4-10-8(5-7)11(15)9(6-14-10)12(13)16/h3-6H,2H2,1H3,(H2,13,16)(H,14,15). The second-order valence-electron chi connectivity index (χ2n) is 3.54. The molecule has 0 fully saturated rings. The summed E-state index contributed by atoms with van der Waals surface area (Å²) in [5.41, 5.74) is 5.32. The topological polar surface area (TPSA) is 85.2 Å². The molecule has 5 nitrogen and oxygen atoms in total. The van der Waals surface area contributed by atoms with Crippen molar-refractivity contribution in [3.05, 3.63) is 40.2 Å². The average Bonchev–Trinajstić information content (AvgIpc) is 2.30. The molecule has 5 heteroatoms. The number of nitrogens with two attached hydrogens (primary N) is 1. The van der Waals surface area contributed by atoms with Crippen LogP contribution in [0.5, 0.6) is 5.75 Å². The molecule has 0 saturated carbocycles. The fourth-order valence-electron chi connectivity index (χ4n) is 1.64. The number of carbonyl (C=O) groups excluding carboxylic acids is 1. The van der Waals surface area contributed by atoms with E-state index in [-0.39, 0.29) is 11.0 Å². The van der Waals surface area contributed by atoms with Gasteiger partial charge in [0.15, 0.2) is 0 Å². The minimum absolute atomic E-state index is 0.0499. The van der Waals surface area contributed by atoms with Crippen molar-refractivity contribution in [2.24, 2.45) is 5.73 Å². The molecule has 1 aromatic carbocycles. The number of ether oxygens (including phenoxy) is 1. The molecule has 1 heterocycles. The van der Waals surface area contributed by atoms with Crippen molar-refractivity contribution in [3.8, 4) is 5.75 Å². The van der Waals surface area contributed by atoms with E-state index >= 15 is 0 Å². The zero-order valence-corrected chi connectivity index (χ0v) is 9.32. The van der Waals surface area contributed by atoms with E-state index < -0.39 is 5.91 Å². The van der Waals surface area contributed by atoms with Gasteiger partial charge in [-0.05, 0) is 25.1 Å². The third kappa shape index (κ3) is 1.99. The lowest BCUT2D eigenvalue weighted by Crippen LogP contribution is -2.22. The zero-order valence-electron chi connectivity index (χ0n) is 9.32. The summed E-state index contributed by atoms with van der Waals surface area (Å²) >= 11 is 0. The summed E-state index contributed by atoms with van der Waals surface area (Å²) in [4.78, 5) is 25.9. The van der Waals surface area contributed by atoms with Crippen molar-refractivity contribution in [1.29, 1.82) is 0 Å². The first-order chi connectivity index (χ1) is 8.13.